The van der Waals surface area contributed by atoms with Crippen LogP contribution in [0.25, 0.3) is 11.2 Å². The van der Waals surface area contributed by atoms with Gasteiger partial charge < -0.3 is 4.57 Å². The molecule has 0 fully saturated rings. The molecule has 0 spiro atoms. The molecule has 0 aliphatic carbocycles. The standard InChI is InChI=1S/C19H23N7O4/c1-3-4-5-6-11-25-15-16(24(2)19(28)22-17(15)27)21-18(25)23-20-12-13-7-9-14(10-8-13)26(29)30/h7-10,12H,3-6,11H2,1-2H3,(H,21,23)(H,22,27,28)/b20-12-. The highest BCUT2D eigenvalue weighted by atomic mass is 16.6. The average Bonchev–Trinajstić information content (AvgIpc) is 3.09. The van der Waals surface area contributed by atoms with E-state index in [-0.39, 0.29) is 11.3 Å². The molecule has 0 radical (unpaired) electrons. The summed E-state index contributed by atoms with van der Waals surface area (Å²) in [6, 6.07) is 5.93. The molecule has 0 atom stereocenters. The van der Waals surface area contributed by atoms with E-state index in [1.807, 2.05) is 0 Å². The summed E-state index contributed by atoms with van der Waals surface area (Å²) in [6.07, 6.45) is 5.52. The molecule has 0 unspecified atom stereocenters. The zero-order chi connectivity index (χ0) is 21.7. The van der Waals surface area contributed by atoms with Crippen molar-refractivity contribution in [2.24, 2.45) is 12.1 Å². The van der Waals surface area contributed by atoms with Crippen LogP contribution in [0.1, 0.15) is 38.2 Å². The van der Waals surface area contributed by atoms with Crippen molar-refractivity contribution >= 4 is 29.0 Å². The maximum atomic E-state index is 12.4. The lowest BCUT2D eigenvalue weighted by atomic mass is 10.2. The van der Waals surface area contributed by atoms with Crippen LogP contribution in [0.2, 0.25) is 0 Å². The Balaban J connectivity index is 1.90. The van der Waals surface area contributed by atoms with Gasteiger partial charge in [0.2, 0.25) is 5.95 Å². The van der Waals surface area contributed by atoms with Gasteiger partial charge >= 0.3 is 5.69 Å². The molecule has 30 heavy (non-hydrogen) atoms. The van der Waals surface area contributed by atoms with E-state index in [0.29, 0.717) is 23.6 Å². The van der Waals surface area contributed by atoms with Gasteiger partial charge in [-0.05, 0) is 24.1 Å². The van der Waals surface area contributed by atoms with Gasteiger partial charge in [-0.1, -0.05) is 26.2 Å². The predicted octanol–water partition coefficient (Wildman–Crippen LogP) is 2.36. The van der Waals surface area contributed by atoms with E-state index in [1.54, 1.807) is 23.7 Å². The van der Waals surface area contributed by atoms with Crippen LogP contribution in [-0.2, 0) is 13.6 Å². The number of non-ortho nitro benzene ring substituents is 1. The van der Waals surface area contributed by atoms with Crippen LogP contribution >= 0.6 is 0 Å². The molecule has 2 aromatic heterocycles. The number of anilines is 1. The first-order valence-corrected chi connectivity index (χ1v) is 9.65. The maximum Gasteiger partial charge on any atom is 0.329 e. The third-order valence-corrected chi connectivity index (χ3v) is 4.72. The fraction of sp³-hybridized carbons (Fsp3) is 0.368. The number of nitrogens with one attached hydrogen (secondary N) is 2. The molecule has 3 rings (SSSR count). The van der Waals surface area contributed by atoms with Crippen molar-refractivity contribution in [1.29, 1.82) is 0 Å². The molecular weight excluding hydrogens is 390 g/mol. The minimum Gasteiger partial charge on any atom is -0.303 e. The van der Waals surface area contributed by atoms with Gasteiger partial charge in [0.15, 0.2) is 11.2 Å². The lowest BCUT2D eigenvalue weighted by Crippen LogP contribution is -2.29. The van der Waals surface area contributed by atoms with Crippen molar-refractivity contribution in [1.82, 2.24) is 19.1 Å². The Morgan fingerprint density at radius 1 is 1.23 bits per heavy atom. The second kappa shape index (κ2) is 9.16. The summed E-state index contributed by atoms with van der Waals surface area (Å²) in [7, 11) is 1.54. The van der Waals surface area contributed by atoms with Gasteiger partial charge in [0.1, 0.15) is 0 Å². The van der Waals surface area contributed by atoms with Gasteiger partial charge in [-0.25, -0.2) is 10.2 Å². The molecule has 1 aromatic carbocycles. The molecule has 0 aliphatic rings. The first-order valence-electron chi connectivity index (χ1n) is 9.65. The van der Waals surface area contributed by atoms with Crippen molar-refractivity contribution in [3.05, 3.63) is 60.8 Å². The predicted molar refractivity (Wildman–Crippen MR) is 114 cm³/mol. The number of fused-ring (bicyclic) bond motifs is 1. The van der Waals surface area contributed by atoms with Crippen molar-refractivity contribution in [2.75, 3.05) is 5.43 Å². The van der Waals surface area contributed by atoms with E-state index in [9.17, 15) is 19.7 Å². The number of hydrogen-bond acceptors (Lipinski definition) is 7. The molecular formula is C19H23N7O4. The number of rotatable bonds is 9. The lowest BCUT2D eigenvalue weighted by Gasteiger charge is -2.07. The Morgan fingerprint density at radius 2 is 1.97 bits per heavy atom. The van der Waals surface area contributed by atoms with E-state index in [4.69, 9.17) is 0 Å². The van der Waals surface area contributed by atoms with Gasteiger partial charge in [0, 0.05) is 25.7 Å². The summed E-state index contributed by atoms with van der Waals surface area (Å²) in [6.45, 7) is 2.67. The van der Waals surface area contributed by atoms with Crippen LogP contribution < -0.4 is 16.7 Å². The minimum absolute atomic E-state index is 0.00544. The summed E-state index contributed by atoms with van der Waals surface area (Å²) in [4.78, 5) is 41.3. The fourth-order valence-electron chi connectivity index (χ4n) is 3.08. The highest BCUT2D eigenvalue weighted by Crippen LogP contribution is 2.17. The van der Waals surface area contributed by atoms with E-state index in [2.05, 4.69) is 27.4 Å². The molecule has 2 N–H and O–H groups in total. The highest BCUT2D eigenvalue weighted by Gasteiger charge is 2.16. The number of hydrogen-bond donors (Lipinski definition) is 2. The molecule has 158 valence electrons. The quantitative estimate of drug-likeness (QED) is 0.239. The molecule has 11 heteroatoms. The van der Waals surface area contributed by atoms with Crippen LogP contribution in [0.4, 0.5) is 11.6 Å². The van der Waals surface area contributed by atoms with Gasteiger partial charge in [0.25, 0.3) is 11.2 Å². The SMILES string of the molecule is CCCCCCn1c(N/N=C\c2ccc([N+](=O)[O-])cc2)nc2c1c(=O)[nH]c(=O)n2C. The first-order chi connectivity index (χ1) is 14.4. The number of nitrogens with zero attached hydrogens (tertiary/aromatic N) is 5. The third-order valence-electron chi connectivity index (χ3n) is 4.72. The highest BCUT2D eigenvalue weighted by molar-refractivity contribution is 5.81. The molecule has 0 amide bonds. The average molecular weight is 413 g/mol. The van der Waals surface area contributed by atoms with Crippen LogP contribution in [-0.4, -0.2) is 30.2 Å². The maximum absolute atomic E-state index is 12.4. The van der Waals surface area contributed by atoms with Crippen LogP contribution in [0.15, 0.2) is 39.0 Å². The molecule has 11 nitrogen and oxygen atoms in total. The molecule has 0 saturated heterocycles. The molecule has 2 heterocycles. The monoisotopic (exact) mass is 413 g/mol. The molecule has 3 aromatic rings. The number of imidazole rings is 1. The number of aryl methyl sites for hydroxylation is 2. The third kappa shape index (κ3) is 4.45. The number of aromatic nitrogens is 4. The molecule has 0 aliphatic heterocycles. The second-order valence-electron chi connectivity index (χ2n) is 6.86. The fourth-order valence-corrected chi connectivity index (χ4v) is 3.08. The molecule has 0 bridgehead atoms. The molecule has 0 saturated carbocycles. The minimum atomic E-state index is -0.538. The second-order valence-corrected chi connectivity index (χ2v) is 6.86. The van der Waals surface area contributed by atoms with Gasteiger partial charge in [-0.15, -0.1) is 0 Å². The summed E-state index contributed by atoms with van der Waals surface area (Å²) in [5.74, 6) is 0.339. The van der Waals surface area contributed by atoms with Crippen molar-refractivity contribution in [2.45, 2.75) is 39.2 Å². The number of aromatic amines is 1. The Hall–Kier alpha value is -3.76. The first kappa shape index (κ1) is 21.0. The van der Waals surface area contributed by atoms with Gasteiger partial charge in [-0.3, -0.25) is 24.5 Å². The van der Waals surface area contributed by atoms with E-state index in [0.717, 1.165) is 25.7 Å². The van der Waals surface area contributed by atoms with Crippen LogP contribution in [0.5, 0.6) is 0 Å². The number of nitro groups is 1. The van der Waals surface area contributed by atoms with Crippen molar-refractivity contribution in [3.63, 3.8) is 0 Å². The Labute approximate surface area is 171 Å². The van der Waals surface area contributed by atoms with E-state index >= 15 is 0 Å². The largest absolute Gasteiger partial charge is 0.329 e. The van der Waals surface area contributed by atoms with Crippen LogP contribution in [0.3, 0.4) is 0 Å². The number of unbranched alkanes of at least 4 members (excludes halogenated alkanes) is 3. The van der Waals surface area contributed by atoms with Gasteiger partial charge in [-0.2, -0.15) is 10.1 Å². The zero-order valence-corrected chi connectivity index (χ0v) is 16.8. The van der Waals surface area contributed by atoms with E-state index in [1.165, 1.54) is 22.9 Å². The Morgan fingerprint density at radius 3 is 2.63 bits per heavy atom. The Kier molecular flexibility index (Phi) is 6.40. The normalized spacial score (nSPS) is 11.4. The van der Waals surface area contributed by atoms with Crippen molar-refractivity contribution in [3.8, 4) is 0 Å². The van der Waals surface area contributed by atoms with Crippen LogP contribution in [0, 0.1) is 10.1 Å². The van der Waals surface area contributed by atoms with E-state index < -0.39 is 16.2 Å². The zero-order valence-electron chi connectivity index (χ0n) is 16.8. The number of H-pyrrole nitrogens is 1. The number of hydrazone groups is 1. The summed E-state index contributed by atoms with van der Waals surface area (Å²) in [5.41, 5.74) is 3.02. The topological polar surface area (TPSA) is 140 Å². The summed E-state index contributed by atoms with van der Waals surface area (Å²) >= 11 is 0. The van der Waals surface area contributed by atoms with Gasteiger partial charge in [0.05, 0.1) is 11.1 Å². The summed E-state index contributed by atoms with van der Waals surface area (Å²) < 4.78 is 3.00. The Bertz CT molecular complexity index is 1190. The number of benzene rings is 1. The van der Waals surface area contributed by atoms with Crippen molar-refractivity contribution < 1.29 is 4.92 Å². The smallest absolute Gasteiger partial charge is 0.303 e. The summed E-state index contributed by atoms with van der Waals surface area (Å²) in [5, 5.41) is 14.9. The number of nitro benzene ring substituents is 1. The lowest BCUT2D eigenvalue weighted by molar-refractivity contribution is -0.384.